The smallest absolute Gasteiger partial charge is 0.328 e. The molecule has 116 valence electrons. The van der Waals surface area contributed by atoms with Gasteiger partial charge in [-0.15, -0.1) is 6.58 Å². The lowest BCUT2D eigenvalue weighted by Crippen LogP contribution is -2.36. The van der Waals surface area contributed by atoms with Crippen molar-refractivity contribution < 1.29 is 19.1 Å². The Hall–Kier alpha value is -2.43. The number of benzene rings is 1. The highest BCUT2D eigenvalue weighted by Crippen LogP contribution is 2.37. The summed E-state index contributed by atoms with van der Waals surface area (Å²) in [6.07, 6.45) is 5.56. The van der Waals surface area contributed by atoms with Gasteiger partial charge in [0.1, 0.15) is 5.82 Å². The molecule has 1 fully saturated rings. The zero-order chi connectivity index (χ0) is 16.1. The van der Waals surface area contributed by atoms with Crippen molar-refractivity contribution in [2.75, 3.05) is 0 Å². The van der Waals surface area contributed by atoms with E-state index < -0.39 is 5.97 Å². The van der Waals surface area contributed by atoms with Crippen LogP contribution in [0.15, 0.2) is 49.1 Å². The van der Waals surface area contributed by atoms with E-state index in [0.29, 0.717) is 12.8 Å². The molecular formula is C17H18FNO3. The van der Waals surface area contributed by atoms with Crippen LogP contribution in [-0.4, -0.2) is 27.9 Å². The van der Waals surface area contributed by atoms with Crippen molar-refractivity contribution in [1.29, 1.82) is 0 Å². The van der Waals surface area contributed by atoms with Gasteiger partial charge in [-0.3, -0.25) is 4.79 Å². The summed E-state index contributed by atoms with van der Waals surface area (Å²) in [6.45, 7) is 3.56. The second kappa shape index (κ2) is 7.02. The number of carbonyl (C=O) groups is 2. The number of amides is 1. The maximum absolute atomic E-state index is 13.4. The molecule has 0 saturated carbocycles. The Kier molecular flexibility index (Phi) is 5.09. The first-order valence-corrected chi connectivity index (χ1v) is 7.11. The topological polar surface area (TPSA) is 57.6 Å². The number of rotatable bonds is 5. The molecule has 1 heterocycles. The van der Waals surface area contributed by atoms with E-state index in [4.69, 9.17) is 5.11 Å². The van der Waals surface area contributed by atoms with Gasteiger partial charge in [0.25, 0.3) is 0 Å². The molecule has 1 amide bonds. The Morgan fingerprint density at radius 3 is 2.82 bits per heavy atom. The van der Waals surface area contributed by atoms with Crippen LogP contribution >= 0.6 is 0 Å². The molecule has 0 aliphatic carbocycles. The number of halogens is 1. The van der Waals surface area contributed by atoms with E-state index in [1.54, 1.807) is 17.0 Å². The van der Waals surface area contributed by atoms with Gasteiger partial charge in [-0.1, -0.05) is 24.3 Å². The van der Waals surface area contributed by atoms with Crippen molar-refractivity contribution in [2.24, 2.45) is 0 Å². The van der Waals surface area contributed by atoms with Crippen LogP contribution in [0.5, 0.6) is 0 Å². The molecule has 1 saturated heterocycles. The Labute approximate surface area is 128 Å². The first-order valence-electron chi connectivity index (χ1n) is 7.11. The van der Waals surface area contributed by atoms with Crippen LogP contribution in [-0.2, 0) is 9.59 Å². The molecule has 4 nitrogen and oxygen atoms in total. The van der Waals surface area contributed by atoms with Crippen molar-refractivity contribution in [3.05, 3.63) is 60.5 Å². The van der Waals surface area contributed by atoms with Gasteiger partial charge in [-0.2, -0.15) is 0 Å². The van der Waals surface area contributed by atoms with Crippen molar-refractivity contribution in [2.45, 2.75) is 31.3 Å². The highest BCUT2D eigenvalue weighted by molar-refractivity contribution is 5.81. The van der Waals surface area contributed by atoms with Gasteiger partial charge < -0.3 is 10.0 Å². The number of hydrogen-bond donors (Lipinski definition) is 1. The standard InChI is InChI=1S/C17H18FNO3/c1-2-4-16(20)19-14(8-10-17(21)22)7-9-15(19)12-5-3-6-13(18)11-12/h2-3,5-6,8,10-11,14-15H,1,4,7,9H2,(H,21,22)/t14-,15+/m1/s1. The molecule has 1 aliphatic heterocycles. The van der Waals surface area contributed by atoms with E-state index in [1.807, 2.05) is 0 Å². The van der Waals surface area contributed by atoms with Crippen molar-refractivity contribution in [1.82, 2.24) is 4.90 Å². The van der Waals surface area contributed by atoms with Gasteiger partial charge in [0.05, 0.1) is 12.1 Å². The van der Waals surface area contributed by atoms with Crippen LogP contribution in [0.1, 0.15) is 30.9 Å². The van der Waals surface area contributed by atoms with E-state index >= 15 is 0 Å². The van der Waals surface area contributed by atoms with E-state index in [-0.39, 0.29) is 30.2 Å². The van der Waals surface area contributed by atoms with Gasteiger partial charge >= 0.3 is 5.97 Å². The maximum Gasteiger partial charge on any atom is 0.328 e. The Morgan fingerprint density at radius 2 is 2.18 bits per heavy atom. The zero-order valence-corrected chi connectivity index (χ0v) is 12.1. The monoisotopic (exact) mass is 303 g/mol. The lowest BCUT2D eigenvalue weighted by Gasteiger charge is -2.29. The molecule has 1 aromatic rings. The SMILES string of the molecule is C=CCC(=O)N1[C@@H](C=CC(=O)O)CC[C@H]1c1cccc(F)c1. The summed E-state index contributed by atoms with van der Waals surface area (Å²) in [5, 5.41) is 8.77. The minimum absolute atomic E-state index is 0.137. The minimum Gasteiger partial charge on any atom is -0.478 e. The summed E-state index contributed by atoms with van der Waals surface area (Å²) >= 11 is 0. The molecule has 0 spiro atoms. The van der Waals surface area contributed by atoms with Crippen LogP contribution in [0, 0.1) is 5.82 Å². The molecule has 0 radical (unpaired) electrons. The second-order valence-corrected chi connectivity index (χ2v) is 5.21. The van der Waals surface area contributed by atoms with Crippen LogP contribution in [0.25, 0.3) is 0 Å². The second-order valence-electron chi connectivity index (χ2n) is 5.21. The summed E-state index contributed by atoms with van der Waals surface area (Å²) in [4.78, 5) is 24.7. The maximum atomic E-state index is 13.4. The van der Waals surface area contributed by atoms with Crippen LogP contribution < -0.4 is 0 Å². The number of hydrogen-bond acceptors (Lipinski definition) is 2. The summed E-state index contributed by atoms with van der Waals surface area (Å²) in [5.41, 5.74) is 0.726. The summed E-state index contributed by atoms with van der Waals surface area (Å²) in [7, 11) is 0. The molecule has 0 bridgehead atoms. The molecule has 0 aromatic heterocycles. The molecule has 1 N–H and O–H groups in total. The first-order chi connectivity index (χ1) is 10.5. The Balaban J connectivity index is 2.30. The van der Waals surface area contributed by atoms with Crippen LogP contribution in [0.4, 0.5) is 4.39 Å². The summed E-state index contributed by atoms with van der Waals surface area (Å²) < 4.78 is 13.4. The molecule has 0 unspecified atom stereocenters. The van der Waals surface area contributed by atoms with Crippen molar-refractivity contribution in [3.8, 4) is 0 Å². The number of carboxylic acids is 1. The number of aliphatic carboxylic acids is 1. The largest absolute Gasteiger partial charge is 0.478 e. The molecule has 2 atom stereocenters. The summed E-state index contributed by atoms with van der Waals surface area (Å²) in [5.74, 6) is -1.54. The minimum atomic E-state index is -1.05. The highest BCUT2D eigenvalue weighted by Gasteiger charge is 2.35. The lowest BCUT2D eigenvalue weighted by molar-refractivity contribution is -0.133. The molecular weight excluding hydrogens is 285 g/mol. The molecule has 1 aromatic carbocycles. The molecule has 1 aliphatic rings. The number of nitrogens with zero attached hydrogens (tertiary/aromatic N) is 1. The fourth-order valence-corrected chi connectivity index (χ4v) is 2.85. The fraction of sp³-hybridized carbons (Fsp3) is 0.294. The molecule has 22 heavy (non-hydrogen) atoms. The van der Waals surface area contributed by atoms with Crippen molar-refractivity contribution in [3.63, 3.8) is 0 Å². The number of carbonyl (C=O) groups excluding carboxylic acids is 1. The average molecular weight is 303 g/mol. The molecule has 2 rings (SSSR count). The van der Waals surface area contributed by atoms with Crippen LogP contribution in [0.3, 0.4) is 0 Å². The Bertz CT molecular complexity index is 612. The van der Waals surface area contributed by atoms with E-state index in [0.717, 1.165) is 11.6 Å². The fourth-order valence-electron chi connectivity index (χ4n) is 2.85. The van der Waals surface area contributed by atoms with Crippen molar-refractivity contribution >= 4 is 11.9 Å². The lowest BCUT2D eigenvalue weighted by atomic mass is 10.0. The number of likely N-dealkylation sites (tertiary alicyclic amines) is 1. The van der Waals surface area contributed by atoms with Gasteiger partial charge in [0.2, 0.25) is 5.91 Å². The third-order valence-electron chi connectivity index (χ3n) is 3.73. The van der Waals surface area contributed by atoms with E-state index in [2.05, 4.69) is 6.58 Å². The molecule has 5 heteroatoms. The zero-order valence-electron chi connectivity index (χ0n) is 12.1. The van der Waals surface area contributed by atoms with Gasteiger partial charge in [0.15, 0.2) is 0 Å². The van der Waals surface area contributed by atoms with Gasteiger partial charge in [0, 0.05) is 12.5 Å². The van der Waals surface area contributed by atoms with E-state index in [9.17, 15) is 14.0 Å². The first kappa shape index (κ1) is 15.9. The Morgan fingerprint density at radius 1 is 1.41 bits per heavy atom. The third kappa shape index (κ3) is 3.61. The van der Waals surface area contributed by atoms with Gasteiger partial charge in [-0.25, -0.2) is 9.18 Å². The third-order valence-corrected chi connectivity index (χ3v) is 3.73. The normalized spacial score (nSPS) is 21.2. The average Bonchev–Trinajstić information content (AvgIpc) is 2.89. The quantitative estimate of drug-likeness (QED) is 0.672. The number of carboxylic acid groups (broad SMARTS) is 1. The van der Waals surface area contributed by atoms with E-state index in [1.165, 1.54) is 24.3 Å². The predicted octanol–water partition coefficient (Wildman–Crippen LogP) is 3.07. The van der Waals surface area contributed by atoms with Gasteiger partial charge in [-0.05, 0) is 30.5 Å². The summed E-state index contributed by atoms with van der Waals surface area (Å²) in [6, 6.07) is 5.63. The van der Waals surface area contributed by atoms with Crippen LogP contribution in [0.2, 0.25) is 0 Å². The highest BCUT2D eigenvalue weighted by atomic mass is 19.1. The predicted molar refractivity (Wildman–Crippen MR) is 80.6 cm³/mol.